The number of benzene rings is 2. The number of aliphatic hydroxyl groups is 1. The van der Waals surface area contributed by atoms with E-state index in [1.807, 2.05) is 37.2 Å². The van der Waals surface area contributed by atoms with Crippen LogP contribution in [0.5, 0.6) is 23.4 Å². The van der Waals surface area contributed by atoms with Gasteiger partial charge in [-0.15, -0.1) is 0 Å². The van der Waals surface area contributed by atoms with E-state index >= 15 is 4.39 Å². The molecular weight excluding hydrogens is 551 g/mol. The molecule has 2 heterocycles. The van der Waals surface area contributed by atoms with Crippen LogP contribution in [0.15, 0.2) is 66.9 Å². The van der Waals surface area contributed by atoms with Crippen LogP contribution in [0, 0.1) is 17.1 Å². The molecule has 0 bridgehead atoms. The fourth-order valence-electron chi connectivity index (χ4n) is 5.12. The quantitative estimate of drug-likeness (QED) is 0.241. The Morgan fingerprint density at radius 1 is 0.907 bits per heavy atom. The summed E-state index contributed by atoms with van der Waals surface area (Å²) < 4.78 is 38.2. The largest absolute Gasteiger partial charge is 0.494 e. The van der Waals surface area contributed by atoms with E-state index in [1.165, 1.54) is 34.5 Å². The van der Waals surface area contributed by atoms with Crippen molar-refractivity contribution >= 4 is 0 Å². The minimum atomic E-state index is -1.76. The molecule has 0 fully saturated rings. The van der Waals surface area contributed by atoms with Crippen LogP contribution in [0.3, 0.4) is 0 Å². The lowest BCUT2D eigenvalue weighted by molar-refractivity contribution is 0.00229. The molecule has 2 aromatic heterocycles. The van der Waals surface area contributed by atoms with E-state index in [9.17, 15) is 10.4 Å². The monoisotopic (exact) mass is 586 g/mol. The maximum absolute atomic E-state index is 16.3. The Morgan fingerprint density at radius 3 is 2.14 bits per heavy atom. The van der Waals surface area contributed by atoms with Crippen molar-refractivity contribution in [3.05, 3.63) is 94.9 Å². The smallest absolute Gasteiger partial charge is 0.217 e. The Morgan fingerprint density at radius 2 is 1.58 bits per heavy atom. The van der Waals surface area contributed by atoms with Crippen LogP contribution in [0.25, 0.3) is 11.1 Å². The lowest BCUT2D eigenvalue weighted by Crippen LogP contribution is -2.38. The van der Waals surface area contributed by atoms with E-state index in [1.54, 1.807) is 42.6 Å². The first kappa shape index (κ1) is 31.2. The molecule has 0 spiro atoms. The zero-order chi connectivity index (χ0) is 31.1. The average molecular weight is 587 g/mol. The summed E-state index contributed by atoms with van der Waals surface area (Å²) in [6.07, 6.45) is 1.81. The zero-order valence-electron chi connectivity index (χ0n) is 25.1. The van der Waals surface area contributed by atoms with Crippen molar-refractivity contribution in [2.75, 3.05) is 49.1 Å². The van der Waals surface area contributed by atoms with Gasteiger partial charge < -0.3 is 29.0 Å². The molecule has 9 nitrogen and oxygen atoms in total. The van der Waals surface area contributed by atoms with E-state index in [0.29, 0.717) is 28.8 Å². The highest BCUT2D eigenvalue weighted by Gasteiger charge is 2.44. The van der Waals surface area contributed by atoms with Crippen LogP contribution in [0.2, 0.25) is 0 Å². The molecule has 2 aromatic carbocycles. The molecule has 4 rings (SSSR count). The SMILES string of the molecule is COc1cc([C@@](O)(CCN(C)C)[C@H](c2cc(-c3ccc(C#N)cc3)cnc2OC)c2cccc(OC)c2F)cc(OC)n1. The van der Waals surface area contributed by atoms with Crippen LogP contribution in [-0.2, 0) is 5.60 Å². The van der Waals surface area contributed by atoms with Gasteiger partial charge in [0.05, 0.1) is 46.0 Å². The summed E-state index contributed by atoms with van der Waals surface area (Å²) in [4.78, 5) is 10.8. The number of methoxy groups -OCH3 is 4. The maximum Gasteiger partial charge on any atom is 0.217 e. The molecule has 0 amide bonds. The highest BCUT2D eigenvalue weighted by Crippen LogP contribution is 2.49. The van der Waals surface area contributed by atoms with Crippen LogP contribution < -0.4 is 18.9 Å². The van der Waals surface area contributed by atoms with Gasteiger partial charge in [-0.05, 0) is 55.9 Å². The summed E-state index contributed by atoms with van der Waals surface area (Å²) in [5.74, 6) is -1.01. The predicted molar refractivity (Wildman–Crippen MR) is 160 cm³/mol. The lowest BCUT2D eigenvalue weighted by Gasteiger charge is -2.39. The summed E-state index contributed by atoms with van der Waals surface area (Å²) in [7, 11) is 9.59. The van der Waals surface area contributed by atoms with Crippen LogP contribution in [-0.4, -0.2) is 69.1 Å². The van der Waals surface area contributed by atoms with Crippen molar-refractivity contribution in [3.63, 3.8) is 0 Å². The number of ether oxygens (including phenoxy) is 4. The number of hydrogen-bond acceptors (Lipinski definition) is 9. The van der Waals surface area contributed by atoms with Gasteiger partial charge in [0, 0.05) is 41.6 Å². The molecule has 0 aliphatic carbocycles. The molecule has 2 atom stereocenters. The number of nitrogens with zero attached hydrogens (tertiary/aromatic N) is 4. The number of pyridine rings is 2. The molecule has 1 N–H and O–H groups in total. The second-order valence-corrected chi connectivity index (χ2v) is 10.2. The number of aromatic nitrogens is 2. The highest BCUT2D eigenvalue weighted by molar-refractivity contribution is 5.66. The maximum atomic E-state index is 16.3. The molecular formula is C33H35FN4O5. The summed E-state index contributed by atoms with van der Waals surface area (Å²) >= 11 is 0. The van der Waals surface area contributed by atoms with Gasteiger partial charge in [0.15, 0.2) is 11.6 Å². The van der Waals surface area contributed by atoms with Gasteiger partial charge in [-0.2, -0.15) is 10.2 Å². The predicted octanol–water partition coefficient (Wildman–Crippen LogP) is 5.16. The molecule has 0 saturated heterocycles. The van der Waals surface area contributed by atoms with Crippen molar-refractivity contribution in [1.82, 2.24) is 14.9 Å². The molecule has 0 radical (unpaired) electrons. The van der Waals surface area contributed by atoms with Crippen LogP contribution in [0.1, 0.15) is 34.6 Å². The Kier molecular flexibility index (Phi) is 9.80. The van der Waals surface area contributed by atoms with Crippen molar-refractivity contribution in [2.24, 2.45) is 0 Å². The highest BCUT2D eigenvalue weighted by atomic mass is 19.1. The number of rotatable bonds is 12. The first-order valence-electron chi connectivity index (χ1n) is 13.5. The number of nitriles is 1. The molecule has 4 aromatic rings. The standard InChI is InChI=1S/C33H35FN4O5/c1-38(2)15-14-33(39,24-17-28(41-4)37-29(18-24)42-5)30(25-8-7-9-27(40-3)31(25)34)26-16-23(20-36-32(26)43-6)22-12-10-21(19-35)11-13-22/h7-13,16-18,20,30,39H,14-15H2,1-6H3/t30-,33-/m0/s1. The van der Waals surface area contributed by atoms with E-state index in [-0.39, 0.29) is 35.4 Å². The zero-order valence-corrected chi connectivity index (χ0v) is 25.1. The second-order valence-electron chi connectivity index (χ2n) is 10.2. The van der Waals surface area contributed by atoms with Crippen molar-refractivity contribution in [2.45, 2.75) is 17.9 Å². The van der Waals surface area contributed by atoms with Gasteiger partial charge in [-0.25, -0.2) is 9.37 Å². The van der Waals surface area contributed by atoms with Crippen molar-refractivity contribution < 1.29 is 28.4 Å². The number of hydrogen-bond donors (Lipinski definition) is 1. The summed E-state index contributed by atoms with van der Waals surface area (Å²) in [6, 6.07) is 19.0. The Labute approximate surface area is 251 Å². The molecule has 10 heteroatoms. The fourth-order valence-corrected chi connectivity index (χ4v) is 5.12. The second kappa shape index (κ2) is 13.5. The molecule has 0 unspecified atom stereocenters. The molecule has 0 aliphatic heterocycles. The third-order valence-electron chi connectivity index (χ3n) is 7.37. The summed E-state index contributed by atoms with van der Waals surface area (Å²) in [5, 5.41) is 22.2. The third kappa shape index (κ3) is 6.53. The minimum Gasteiger partial charge on any atom is -0.494 e. The van der Waals surface area contributed by atoms with E-state index in [4.69, 9.17) is 18.9 Å². The molecule has 43 heavy (non-hydrogen) atoms. The topological polar surface area (TPSA) is 110 Å². The number of halogens is 1. The first-order chi connectivity index (χ1) is 20.7. The average Bonchev–Trinajstić information content (AvgIpc) is 3.04. The van der Waals surface area contributed by atoms with Crippen LogP contribution >= 0.6 is 0 Å². The van der Waals surface area contributed by atoms with Gasteiger partial charge in [-0.1, -0.05) is 24.3 Å². The Hall–Kier alpha value is -4.72. The Balaban J connectivity index is 2.08. The van der Waals surface area contributed by atoms with E-state index in [0.717, 1.165) is 5.56 Å². The lowest BCUT2D eigenvalue weighted by atomic mass is 9.71. The third-order valence-corrected chi connectivity index (χ3v) is 7.37. The first-order valence-corrected chi connectivity index (χ1v) is 13.5. The van der Waals surface area contributed by atoms with Gasteiger partial charge >= 0.3 is 0 Å². The fraction of sp³-hybridized carbons (Fsp3) is 0.303. The van der Waals surface area contributed by atoms with Gasteiger partial charge in [-0.3, -0.25) is 0 Å². The normalized spacial score (nSPS) is 13.1. The van der Waals surface area contributed by atoms with Crippen molar-refractivity contribution in [1.29, 1.82) is 5.26 Å². The molecule has 224 valence electrons. The van der Waals surface area contributed by atoms with Gasteiger partial charge in [0.25, 0.3) is 0 Å². The summed E-state index contributed by atoms with van der Waals surface area (Å²) in [6.45, 7) is 0.441. The summed E-state index contributed by atoms with van der Waals surface area (Å²) in [5.41, 5.74) is 1.23. The molecule has 0 aliphatic rings. The van der Waals surface area contributed by atoms with Gasteiger partial charge in [0.1, 0.15) is 5.60 Å². The van der Waals surface area contributed by atoms with E-state index in [2.05, 4.69) is 16.0 Å². The molecule has 0 saturated carbocycles. The van der Waals surface area contributed by atoms with Crippen molar-refractivity contribution in [3.8, 4) is 40.6 Å². The minimum absolute atomic E-state index is 0.0255. The Bertz CT molecular complexity index is 1580. The van der Waals surface area contributed by atoms with Gasteiger partial charge in [0.2, 0.25) is 17.6 Å². The van der Waals surface area contributed by atoms with Crippen LogP contribution in [0.4, 0.5) is 4.39 Å². The van der Waals surface area contributed by atoms with E-state index < -0.39 is 17.3 Å².